The molecule has 0 amide bonds. The van der Waals surface area contributed by atoms with Crippen molar-refractivity contribution < 1.29 is 4.74 Å². The van der Waals surface area contributed by atoms with Gasteiger partial charge in [0.2, 0.25) is 0 Å². The molecule has 2 aromatic rings. The predicted molar refractivity (Wildman–Crippen MR) is 91.0 cm³/mol. The summed E-state index contributed by atoms with van der Waals surface area (Å²) < 4.78 is 6.11. The van der Waals surface area contributed by atoms with Gasteiger partial charge in [-0.15, -0.1) is 0 Å². The van der Waals surface area contributed by atoms with E-state index in [2.05, 4.69) is 75.5 Å². The van der Waals surface area contributed by atoms with Crippen molar-refractivity contribution in [3.05, 3.63) is 53.6 Å². The first-order valence-corrected chi connectivity index (χ1v) is 7.64. The summed E-state index contributed by atoms with van der Waals surface area (Å²) >= 11 is 0. The summed E-state index contributed by atoms with van der Waals surface area (Å²) in [6, 6.07) is 13.0. The maximum Gasteiger partial charge on any atom is 0.132 e. The average Bonchev–Trinajstić information content (AvgIpc) is 2.47. The van der Waals surface area contributed by atoms with Crippen LogP contribution in [0, 0.1) is 0 Å². The van der Waals surface area contributed by atoms with E-state index in [4.69, 9.17) is 4.74 Å². The Morgan fingerprint density at radius 1 is 1.19 bits per heavy atom. The number of nitrogens with one attached hydrogen (secondary N) is 1. The first-order chi connectivity index (χ1) is 10.1. The monoisotopic (exact) mass is 283 g/mol. The molecule has 0 aliphatic carbocycles. The van der Waals surface area contributed by atoms with E-state index in [1.165, 1.54) is 21.9 Å². The molecule has 2 aromatic carbocycles. The molecule has 0 fully saturated rings. The number of ether oxygens (including phenoxy) is 1. The van der Waals surface area contributed by atoms with Crippen molar-refractivity contribution in [3.8, 4) is 5.75 Å². The van der Waals surface area contributed by atoms with Crippen LogP contribution in [-0.4, -0.2) is 13.2 Å². The summed E-state index contributed by atoms with van der Waals surface area (Å²) in [5, 5.41) is 5.87. The third-order valence-electron chi connectivity index (χ3n) is 3.61. The lowest BCUT2D eigenvalue weighted by molar-refractivity contribution is 0.358. The molecule has 1 unspecified atom stereocenters. The standard InChI is InChI=1S/C19H25NO/c1-5-20-15(4)17-11-10-16-8-6-7-9-18(16)19(17)21-13-12-14(2)3/h6-12,15,20H,5,13H2,1-4H3. The summed E-state index contributed by atoms with van der Waals surface area (Å²) in [7, 11) is 0. The molecule has 112 valence electrons. The van der Waals surface area contributed by atoms with Gasteiger partial charge in [-0.3, -0.25) is 0 Å². The quantitative estimate of drug-likeness (QED) is 0.765. The van der Waals surface area contributed by atoms with Gasteiger partial charge in [0.1, 0.15) is 12.4 Å². The van der Waals surface area contributed by atoms with Gasteiger partial charge >= 0.3 is 0 Å². The molecule has 0 spiro atoms. The van der Waals surface area contributed by atoms with Crippen LogP contribution in [0.3, 0.4) is 0 Å². The highest BCUT2D eigenvalue weighted by atomic mass is 16.5. The Labute approximate surface area is 127 Å². The SMILES string of the molecule is CCNC(C)c1ccc2ccccc2c1OCC=C(C)C. The van der Waals surface area contributed by atoms with Crippen LogP contribution in [0.1, 0.15) is 39.3 Å². The first kappa shape index (κ1) is 15.6. The van der Waals surface area contributed by atoms with Gasteiger partial charge in [0.05, 0.1) is 0 Å². The summed E-state index contributed by atoms with van der Waals surface area (Å²) in [5.41, 5.74) is 2.49. The summed E-state index contributed by atoms with van der Waals surface area (Å²) in [6.07, 6.45) is 2.11. The number of hydrogen-bond donors (Lipinski definition) is 1. The molecule has 0 radical (unpaired) electrons. The molecular weight excluding hydrogens is 258 g/mol. The molecule has 0 aromatic heterocycles. The zero-order valence-electron chi connectivity index (χ0n) is 13.4. The third-order valence-corrected chi connectivity index (χ3v) is 3.61. The van der Waals surface area contributed by atoms with Crippen LogP contribution in [0.5, 0.6) is 5.75 Å². The van der Waals surface area contributed by atoms with E-state index >= 15 is 0 Å². The van der Waals surface area contributed by atoms with Crippen LogP contribution in [0.25, 0.3) is 10.8 Å². The Morgan fingerprint density at radius 2 is 1.95 bits per heavy atom. The fourth-order valence-electron chi connectivity index (χ4n) is 2.47. The highest BCUT2D eigenvalue weighted by Crippen LogP contribution is 2.33. The Balaban J connectivity index is 2.44. The van der Waals surface area contributed by atoms with E-state index in [0.717, 1.165) is 12.3 Å². The molecule has 1 atom stereocenters. The molecule has 2 rings (SSSR count). The lowest BCUT2D eigenvalue weighted by Crippen LogP contribution is -2.18. The summed E-state index contributed by atoms with van der Waals surface area (Å²) in [6.45, 7) is 10.1. The fourth-order valence-corrected chi connectivity index (χ4v) is 2.47. The minimum atomic E-state index is 0.279. The Hall–Kier alpha value is -1.80. The van der Waals surface area contributed by atoms with Gasteiger partial charge in [0, 0.05) is 17.0 Å². The number of fused-ring (bicyclic) bond motifs is 1. The van der Waals surface area contributed by atoms with Crippen molar-refractivity contribution in [2.75, 3.05) is 13.2 Å². The molecule has 0 aliphatic rings. The van der Waals surface area contributed by atoms with Crippen molar-refractivity contribution in [1.29, 1.82) is 0 Å². The summed E-state index contributed by atoms with van der Waals surface area (Å²) in [5.74, 6) is 0.999. The maximum absolute atomic E-state index is 6.11. The summed E-state index contributed by atoms with van der Waals surface area (Å²) in [4.78, 5) is 0. The second-order valence-corrected chi connectivity index (χ2v) is 5.58. The molecule has 2 heteroatoms. The molecule has 21 heavy (non-hydrogen) atoms. The molecule has 0 bridgehead atoms. The van der Waals surface area contributed by atoms with Crippen molar-refractivity contribution in [2.24, 2.45) is 0 Å². The second-order valence-electron chi connectivity index (χ2n) is 5.58. The van der Waals surface area contributed by atoms with Gasteiger partial charge in [0.15, 0.2) is 0 Å². The molecule has 2 nitrogen and oxygen atoms in total. The van der Waals surface area contributed by atoms with Gasteiger partial charge in [-0.1, -0.05) is 48.9 Å². The number of rotatable bonds is 6. The van der Waals surface area contributed by atoms with Gasteiger partial charge in [-0.25, -0.2) is 0 Å². The van der Waals surface area contributed by atoms with E-state index in [1.807, 2.05) is 0 Å². The molecule has 1 N–H and O–H groups in total. The number of benzene rings is 2. The highest BCUT2D eigenvalue weighted by Gasteiger charge is 2.13. The fraction of sp³-hybridized carbons (Fsp3) is 0.368. The number of allylic oxidation sites excluding steroid dienone is 1. The van der Waals surface area contributed by atoms with Crippen LogP contribution in [0.4, 0.5) is 0 Å². The van der Waals surface area contributed by atoms with Crippen molar-refractivity contribution in [2.45, 2.75) is 33.7 Å². The van der Waals surface area contributed by atoms with E-state index in [-0.39, 0.29) is 6.04 Å². The Bertz CT molecular complexity index is 626. The second kappa shape index (κ2) is 7.28. The Morgan fingerprint density at radius 3 is 2.67 bits per heavy atom. The minimum absolute atomic E-state index is 0.279. The minimum Gasteiger partial charge on any atom is -0.489 e. The van der Waals surface area contributed by atoms with Gasteiger partial charge in [0.25, 0.3) is 0 Å². The smallest absolute Gasteiger partial charge is 0.132 e. The van der Waals surface area contributed by atoms with Crippen molar-refractivity contribution >= 4 is 10.8 Å². The highest BCUT2D eigenvalue weighted by molar-refractivity contribution is 5.89. The number of hydrogen-bond acceptors (Lipinski definition) is 2. The maximum atomic E-state index is 6.11. The first-order valence-electron chi connectivity index (χ1n) is 7.64. The van der Waals surface area contributed by atoms with E-state index in [0.29, 0.717) is 6.61 Å². The van der Waals surface area contributed by atoms with Crippen LogP contribution >= 0.6 is 0 Å². The zero-order chi connectivity index (χ0) is 15.2. The van der Waals surface area contributed by atoms with Crippen LogP contribution in [-0.2, 0) is 0 Å². The zero-order valence-corrected chi connectivity index (χ0v) is 13.4. The predicted octanol–water partition coefficient (Wildman–Crippen LogP) is 4.86. The molecule has 0 aliphatic heterocycles. The van der Waals surface area contributed by atoms with E-state index in [1.54, 1.807) is 0 Å². The molecular formula is C19H25NO. The average molecular weight is 283 g/mol. The van der Waals surface area contributed by atoms with Crippen LogP contribution in [0.2, 0.25) is 0 Å². The lowest BCUT2D eigenvalue weighted by Gasteiger charge is -2.19. The van der Waals surface area contributed by atoms with E-state index in [9.17, 15) is 0 Å². The van der Waals surface area contributed by atoms with Crippen LogP contribution in [0.15, 0.2) is 48.0 Å². The molecule has 0 saturated carbocycles. The van der Waals surface area contributed by atoms with Gasteiger partial charge in [-0.05, 0) is 38.8 Å². The normalized spacial score (nSPS) is 12.2. The topological polar surface area (TPSA) is 21.3 Å². The van der Waals surface area contributed by atoms with Gasteiger partial charge < -0.3 is 10.1 Å². The third kappa shape index (κ3) is 3.85. The van der Waals surface area contributed by atoms with Gasteiger partial charge in [-0.2, -0.15) is 0 Å². The molecule has 0 saturated heterocycles. The van der Waals surface area contributed by atoms with Crippen molar-refractivity contribution in [1.82, 2.24) is 5.32 Å². The molecule has 0 heterocycles. The van der Waals surface area contributed by atoms with Crippen LogP contribution < -0.4 is 10.1 Å². The lowest BCUT2D eigenvalue weighted by atomic mass is 10.0. The Kier molecular flexibility index (Phi) is 5.40. The van der Waals surface area contributed by atoms with E-state index < -0.39 is 0 Å². The van der Waals surface area contributed by atoms with Crippen molar-refractivity contribution in [3.63, 3.8) is 0 Å². The largest absolute Gasteiger partial charge is 0.489 e.